The number of fused-ring (bicyclic) bond motifs is 7. The highest BCUT2D eigenvalue weighted by Crippen LogP contribution is 2.73. The third-order valence-electron chi connectivity index (χ3n) is 12.9. The molecule has 0 aromatic heterocycles. The first kappa shape index (κ1) is 24.1. The molecule has 194 valence electrons. The highest BCUT2D eigenvalue weighted by atomic mass is 16.7. The lowest BCUT2D eigenvalue weighted by atomic mass is 9.39. The Labute approximate surface area is 204 Å². The molecule has 6 heteroatoms. The second-order valence-electron chi connectivity index (χ2n) is 14.0. The van der Waals surface area contributed by atoms with Gasteiger partial charge < -0.3 is 29.9 Å². The van der Waals surface area contributed by atoms with E-state index in [1.165, 1.54) is 0 Å². The van der Waals surface area contributed by atoms with Crippen LogP contribution in [0.5, 0.6) is 0 Å². The third-order valence-corrected chi connectivity index (χ3v) is 12.9. The molecule has 2 aliphatic heterocycles. The summed E-state index contributed by atoms with van der Waals surface area (Å²) in [6, 6.07) is 0. The minimum atomic E-state index is -0.740. The Balaban J connectivity index is 1.28. The minimum absolute atomic E-state index is 0.169. The summed E-state index contributed by atoms with van der Waals surface area (Å²) < 4.78 is 13.2. The molecule has 2 saturated heterocycles. The maximum Gasteiger partial charge on any atom is 0.171 e. The number of ether oxygens (including phenoxy) is 2. The maximum absolute atomic E-state index is 11.5. The van der Waals surface area contributed by atoms with Gasteiger partial charge in [-0.25, -0.2) is 0 Å². The number of rotatable bonds is 1. The number of aliphatic hydroxyl groups is 4. The fraction of sp³-hybridized carbons (Fsp3) is 1.00. The largest absolute Gasteiger partial charge is 0.396 e. The minimum Gasteiger partial charge on any atom is -0.396 e. The second kappa shape index (κ2) is 7.64. The summed E-state index contributed by atoms with van der Waals surface area (Å²) in [5.41, 5.74) is -0.364. The van der Waals surface area contributed by atoms with Crippen LogP contribution in [0.15, 0.2) is 0 Å². The van der Waals surface area contributed by atoms with Crippen LogP contribution in [0.25, 0.3) is 0 Å². The van der Waals surface area contributed by atoms with Gasteiger partial charge in [0.2, 0.25) is 0 Å². The van der Waals surface area contributed by atoms with Gasteiger partial charge in [-0.2, -0.15) is 0 Å². The molecule has 0 aromatic carbocycles. The molecule has 0 radical (unpaired) electrons. The van der Waals surface area contributed by atoms with Crippen molar-refractivity contribution < 1.29 is 29.9 Å². The average molecular weight is 479 g/mol. The zero-order valence-electron chi connectivity index (χ0n) is 21.4. The Morgan fingerprint density at radius 1 is 0.882 bits per heavy atom. The predicted molar refractivity (Wildman–Crippen MR) is 127 cm³/mol. The summed E-state index contributed by atoms with van der Waals surface area (Å²) in [5, 5.41) is 42.2. The van der Waals surface area contributed by atoms with E-state index < -0.39 is 24.1 Å². The number of hydrogen-bond donors (Lipinski definition) is 4. The van der Waals surface area contributed by atoms with Crippen LogP contribution in [0, 0.1) is 51.8 Å². The lowest BCUT2D eigenvalue weighted by molar-refractivity contribution is -0.278. The Bertz CT molecular complexity index is 811. The van der Waals surface area contributed by atoms with Crippen LogP contribution in [0.3, 0.4) is 0 Å². The molecular formula is C28H46O6. The molecule has 0 amide bonds. The van der Waals surface area contributed by atoms with Crippen molar-refractivity contribution in [3.63, 3.8) is 0 Å². The summed E-state index contributed by atoms with van der Waals surface area (Å²) in [5.74, 6) is 1.91. The standard InChI is InChI=1S/C28H46O6/c1-15-24-22(34-28(15)8-5-16(13-29)14-33-28)10-19-17-9-23(32)27(4)12-21(31)20(30)11-26(27,3)18(17)6-7-25(19,24)2/h15-24,29-32H,5-14H2,1-4H3/t15?,16-,17?,18?,19?,20+,21+,22?,23+,24?,25-,26+,27+,28+/m0/s1. The van der Waals surface area contributed by atoms with Crippen molar-refractivity contribution in [1.29, 1.82) is 0 Å². The van der Waals surface area contributed by atoms with Crippen LogP contribution >= 0.6 is 0 Å². The van der Waals surface area contributed by atoms with Crippen molar-refractivity contribution in [1.82, 2.24) is 0 Å². The first-order valence-electron chi connectivity index (χ1n) is 14.0. The van der Waals surface area contributed by atoms with Crippen LogP contribution in [0.2, 0.25) is 0 Å². The number of aliphatic hydroxyl groups excluding tert-OH is 4. The molecule has 6 unspecified atom stereocenters. The van der Waals surface area contributed by atoms with E-state index in [1.807, 2.05) is 0 Å². The Kier molecular flexibility index (Phi) is 5.42. The smallest absolute Gasteiger partial charge is 0.171 e. The van der Waals surface area contributed by atoms with Crippen LogP contribution in [-0.2, 0) is 9.47 Å². The average Bonchev–Trinajstić information content (AvgIpc) is 3.23. The molecule has 6 rings (SSSR count). The van der Waals surface area contributed by atoms with Crippen molar-refractivity contribution in [3.8, 4) is 0 Å². The first-order chi connectivity index (χ1) is 16.0. The van der Waals surface area contributed by atoms with Crippen LogP contribution in [0.4, 0.5) is 0 Å². The zero-order chi connectivity index (χ0) is 24.3. The molecule has 2 heterocycles. The second-order valence-corrected chi connectivity index (χ2v) is 14.0. The first-order valence-corrected chi connectivity index (χ1v) is 14.0. The van der Waals surface area contributed by atoms with Gasteiger partial charge in [0.15, 0.2) is 5.79 Å². The molecule has 4 saturated carbocycles. The van der Waals surface area contributed by atoms with Crippen molar-refractivity contribution in [2.24, 2.45) is 51.8 Å². The molecule has 6 nitrogen and oxygen atoms in total. The predicted octanol–water partition coefficient (Wildman–Crippen LogP) is 3.10. The van der Waals surface area contributed by atoms with Gasteiger partial charge in [-0.3, -0.25) is 0 Å². The molecule has 6 aliphatic rings. The lowest BCUT2D eigenvalue weighted by Crippen LogP contribution is -2.65. The summed E-state index contributed by atoms with van der Waals surface area (Å²) in [7, 11) is 0. The third kappa shape index (κ3) is 2.90. The molecular weight excluding hydrogens is 432 g/mol. The SMILES string of the molecule is CC1C2C(CC3C4C[C@@H](O)[C@@]5(C)C[C@@H](O)[C@H](O)C[C@]5(C)C4CC[C@@]32C)O[C@]12CC[C@@H](CO)CO2. The Morgan fingerprint density at radius 2 is 1.59 bits per heavy atom. The van der Waals surface area contributed by atoms with Gasteiger partial charge in [-0.15, -0.1) is 0 Å². The number of hydrogen-bond acceptors (Lipinski definition) is 6. The molecule has 0 bridgehead atoms. The fourth-order valence-electron chi connectivity index (χ4n) is 10.7. The van der Waals surface area contributed by atoms with Crippen molar-refractivity contribution >= 4 is 0 Å². The lowest BCUT2D eigenvalue weighted by Gasteiger charge is -2.67. The van der Waals surface area contributed by atoms with Gasteiger partial charge >= 0.3 is 0 Å². The molecule has 1 spiro atoms. The Morgan fingerprint density at radius 3 is 2.24 bits per heavy atom. The monoisotopic (exact) mass is 478 g/mol. The summed E-state index contributed by atoms with van der Waals surface area (Å²) in [4.78, 5) is 0. The quantitative estimate of drug-likeness (QED) is 0.462. The van der Waals surface area contributed by atoms with Gasteiger partial charge in [0, 0.05) is 30.3 Å². The molecule has 34 heavy (non-hydrogen) atoms. The van der Waals surface area contributed by atoms with E-state index >= 15 is 0 Å². The zero-order valence-corrected chi connectivity index (χ0v) is 21.4. The van der Waals surface area contributed by atoms with E-state index in [0.717, 1.165) is 38.5 Å². The summed E-state index contributed by atoms with van der Waals surface area (Å²) in [6.45, 7) is 10.0. The van der Waals surface area contributed by atoms with Gasteiger partial charge in [0.05, 0.1) is 31.0 Å². The molecule has 0 aromatic rings. The highest BCUT2D eigenvalue weighted by Gasteiger charge is 2.71. The molecule has 4 N–H and O–H groups in total. The topological polar surface area (TPSA) is 99.4 Å². The summed E-state index contributed by atoms with van der Waals surface area (Å²) in [6.07, 6.45) is 5.31. The van der Waals surface area contributed by atoms with Crippen LogP contribution in [-0.4, -0.2) is 63.8 Å². The Hall–Kier alpha value is -0.240. The highest BCUT2D eigenvalue weighted by molar-refractivity contribution is 5.19. The summed E-state index contributed by atoms with van der Waals surface area (Å²) >= 11 is 0. The van der Waals surface area contributed by atoms with Crippen LogP contribution < -0.4 is 0 Å². The van der Waals surface area contributed by atoms with E-state index in [9.17, 15) is 20.4 Å². The van der Waals surface area contributed by atoms with Gasteiger partial charge in [0.1, 0.15) is 0 Å². The van der Waals surface area contributed by atoms with E-state index in [-0.39, 0.29) is 34.9 Å². The van der Waals surface area contributed by atoms with Crippen molar-refractivity contribution in [2.75, 3.05) is 13.2 Å². The molecule has 6 fully saturated rings. The normalized spacial score (nSPS) is 63.2. The van der Waals surface area contributed by atoms with Gasteiger partial charge in [0.25, 0.3) is 0 Å². The van der Waals surface area contributed by atoms with Crippen LogP contribution in [0.1, 0.15) is 79.1 Å². The van der Waals surface area contributed by atoms with Gasteiger partial charge in [-0.1, -0.05) is 27.7 Å². The maximum atomic E-state index is 11.5. The van der Waals surface area contributed by atoms with E-state index in [0.29, 0.717) is 49.0 Å². The van der Waals surface area contributed by atoms with Crippen molar-refractivity contribution in [2.45, 2.75) is 109 Å². The van der Waals surface area contributed by atoms with E-state index in [4.69, 9.17) is 9.47 Å². The van der Waals surface area contributed by atoms with E-state index in [2.05, 4.69) is 27.7 Å². The fourth-order valence-corrected chi connectivity index (χ4v) is 10.7. The molecule has 14 atom stereocenters. The molecule has 4 aliphatic carbocycles. The van der Waals surface area contributed by atoms with Crippen molar-refractivity contribution in [3.05, 3.63) is 0 Å². The van der Waals surface area contributed by atoms with Gasteiger partial charge in [-0.05, 0) is 79.4 Å². The van der Waals surface area contributed by atoms with E-state index in [1.54, 1.807) is 0 Å².